The summed E-state index contributed by atoms with van der Waals surface area (Å²) in [5.41, 5.74) is 3.36. The average molecular weight is 784 g/mol. The SMILES string of the molecule is C=CCOC12Oc3ccc(OC(=O)NCC)cc3C3C(CCCCO)C(CCCCO)C=C(C(=NOC)CC1N(Cc1cccc4ccccc14)C(=O)OCC)C32. The second-order valence-electron chi connectivity index (χ2n) is 14.8. The van der Waals surface area contributed by atoms with Crippen molar-refractivity contribution in [3.63, 3.8) is 0 Å². The highest BCUT2D eigenvalue weighted by Gasteiger charge is 2.65. The Morgan fingerprint density at radius 2 is 1.81 bits per heavy atom. The molecule has 0 saturated heterocycles. The Kier molecular flexibility index (Phi) is 14.3. The molecule has 3 aromatic carbocycles. The van der Waals surface area contributed by atoms with E-state index in [9.17, 15) is 19.8 Å². The standard InChI is InChI=1S/C45H57N3O9/c1-5-25-55-45-40(48(44(52)54-7-3)29-32-18-14-17-30-15-8-9-19-34(30)32)28-38(47-53-4)36-26-31(16-10-12-23-49)35(20-11-13-24-50)41(42(36)45)37-27-33(21-22-39(37)57-45)56-43(51)46-6-2/h5,8-9,14-15,17-19,21-22,26-27,31,35,40-42,49-50H,1,6-7,10-13,16,20,23-25,28-29H2,2-4H3,(H,46,51). The summed E-state index contributed by atoms with van der Waals surface area (Å²) in [6.07, 6.45) is 7.58. The zero-order valence-electron chi connectivity index (χ0n) is 33.4. The van der Waals surface area contributed by atoms with Crippen LogP contribution in [0.1, 0.15) is 75.8 Å². The number of hydrogen-bond acceptors (Lipinski definition) is 10. The van der Waals surface area contributed by atoms with Gasteiger partial charge in [0.2, 0.25) is 5.79 Å². The van der Waals surface area contributed by atoms with E-state index in [-0.39, 0.29) is 57.1 Å². The first-order chi connectivity index (χ1) is 27.8. The number of allylic oxidation sites excluding steroid dienone is 1. The number of aliphatic hydroxyl groups excluding tert-OH is 2. The number of nitrogens with one attached hydrogen (secondary N) is 1. The van der Waals surface area contributed by atoms with Gasteiger partial charge in [-0.05, 0) is 91.5 Å². The lowest BCUT2D eigenvalue weighted by Gasteiger charge is -2.59. The van der Waals surface area contributed by atoms with Crippen molar-refractivity contribution in [2.45, 2.75) is 83.1 Å². The number of hydrogen-bond donors (Lipinski definition) is 3. The molecule has 0 radical (unpaired) electrons. The van der Waals surface area contributed by atoms with Crippen molar-refractivity contribution >= 4 is 28.7 Å². The summed E-state index contributed by atoms with van der Waals surface area (Å²) >= 11 is 0. The van der Waals surface area contributed by atoms with Gasteiger partial charge in [-0.2, -0.15) is 0 Å². The van der Waals surface area contributed by atoms with Crippen LogP contribution in [0.5, 0.6) is 11.5 Å². The topological polar surface area (TPSA) is 148 Å². The molecule has 6 atom stereocenters. The third kappa shape index (κ3) is 8.83. The van der Waals surface area contributed by atoms with Crippen LogP contribution in [0.25, 0.3) is 10.8 Å². The number of aliphatic hydroxyl groups is 2. The lowest BCUT2D eigenvalue weighted by molar-refractivity contribution is -0.256. The molecule has 2 amide bonds. The Bertz CT molecular complexity index is 1930. The van der Waals surface area contributed by atoms with Gasteiger partial charge in [0.15, 0.2) is 0 Å². The van der Waals surface area contributed by atoms with E-state index in [0.29, 0.717) is 36.6 Å². The highest BCUT2D eigenvalue weighted by atomic mass is 16.7. The number of carbonyl (C=O) groups excluding carboxylic acids is 2. The van der Waals surface area contributed by atoms with E-state index in [1.165, 1.54) is 7.11 Å². The maximum absolute atomic E-state index is 14.5. The van der Waals surface area contributed by atoms with E-state index in [0.717, 1.165) is 53.2 Å². The molecule has 306 valence electrons. The number of ether oxygens (including phenoxy) is 4. The molecule has 3 aliphatic rings. The van der Waals surface area contributed by atoms with E-state index < -0.39 is 29.9 Å². The number of rotatable bonds is 18. The van der Waals surface area contributed by atoms with Crippen molar-refractivity contribution in [2.24, 2.45) is 22.9 Å². The van der Waals surface area contributed by atoms with Crippen molar-refractivity contribution in [2.75, 3.05) is 40.1 Å². The highest BCUT2D eigenvalue weighted by Crippen LogP contribution is 2.62. The quantitative estimate of drug-likeness (QED) is 0.0666. The zero-order valence-corrected chi connectivity index (χ0v) is 33.4. The molecule has 3 aromatic rings. The van der Waals surface area contributed by atoms with Crippen LogP contribution in [-0.4, -0.2) is 84.9 Å². The number of carbonyl (C=O) groups is 2. The van der Waals surface area contributed by atoms with Crippen LogP contribution >= 0.6 is 0 Å². The average Bonchev–Trinajstić information content (AvgIpc) is 3.21. The van der Waals surface area contributed by atoms with Crippen LogP contribution in [0, 0.1) is 17.8 Å². The minimum atomic E-state index is -1.46. The number of amides is 2. The second kappa shape index (κ2) is 19.5. The molecule has 0 spiro atoms. The number of benzene rings is 3. The summed E-state index contributed by atoms with van der Waals surface area (Å²) in [6.45, 7) is 8.68. The van der Waals surface area contributed by atoms with E-state index in [1.54, 1.807) is 24.0 Å². The Labute approximate surface area is 335 Å². The minimum Gasteiger partial charge on any atom is -0.459 e. The van der Waals surface area contributed by atoms with Gasteiger partial charge in [0, 0.05) is 37.7 Å². The van der Waals surface area contributed by atoms with Gasteiger partial charge in [-0.25, -0.2) is 9.59 Å². The van der Waals surface area contributed by atoms with Gasteiger partial charge < -0.3 is 39.3 Å². The molecule has 6 rings (SSSR count). The predicted octanol–water partition coefficient (Wildman–Crippen LogP) is 7.87. The van der Waals surface area contributed by atoms with Crippen LogP contribution in [0.3, 0.4) is 0 Å². The molecule has 12 nitrogen and oxygen atoms in total. The third-order valence-electron chi connectivity index (χ3n) is 11.5. The molecule has 1 heterocycles. The molecule has 2 aliphatic carbocycles. The number of oxime groups is 1. The second-order valence-corrected chi connectivity index (χ2v) is 14.8. The predicted molar refractivity (Wildman–Crippen MR) is 218 cm³/mol. The van der Waals surface area contributed by atoms with E-state index >= 15 is 0 Å². The molecular weight excluding hydrogens is 727 g/mol. The van der Waals surface area contributed by atoms with Gasteiger partial charge in [0.25, 0.3) is 0 Å². The Balaban J connectivity index is 1.60. The van der Waals surface area contributed by atoms with Crippen LogP contribution in [-0.2, 0) is 20.9 Å². The molecule has 1 saturated carbocycles. The maximum atomic E-state index is 14.5. The van der Waals surface area contributed by atoms with E-state index in [2.05, 4.69) is 41.3 Å². The molecule has 0 bridgehead atoms. The van der Waals surface area contributed by atoms with Crippen LogP contribution in [0.2, 0.25) is 0 Å². The molecule has 12 heteroatoms. The summed E-state index contributed by atoms with van der Waals surface area (Å²) in [4.78, 5) is 34.4. The molecule has 1 fully saturated rings. The fourth-order valence-electron chi connectivity index (χ4n) is 9.23. The fraction of sp³-hybridized carbons (Fsp3) is 0.489. The van der Waals surface area contributed by atoms with E-state index in [4.69, 9.17) is 23.8 Å². The van der Waals surface area contributed by atoms with Gasteiger partial charge in [0.05, 0.1) is 31.4 Å². The first-order valence-corrected chi connectivity index (χ1v) is 20.3. The first kappa shape index (κ1) is 41.7. The summed E-state index contributed by atoms with van der Waals surface area (Å²) in [5.74, 6) is -1.28. The Morgan fingerprint density at radius 3 is 2.54 bits per heavy atom. The smallest absolute Gasteiger partial charge is 0.412 e. The van der Waals surface area contributed by atoms with Gasteiger partial charge in [-0.1, -0.05) is 72.6 Å². The summed E-state index contributed by atoms with van der Waals surface area (Å²) in [6, 6.07) is 18.8. The summed E-state index contributed by atoms with van der Waals surface area (Å²) in [5, 5.41) is 29.1. The molecular formula is C45H57N3O9. The van der Waals surface area contributed by atoms with Gasteiger partial charge >= 0.3 is 12.2 Å². The summed E-state index contributed by atoms with van der Waals surface area (Å²) in [7, 11) is 1.52. The number of unbranched alkanes of at least 4 members (excludes halogenated alkanes) is 2. The Morgan fingerprint density at radius 1 is 1.04 bits per heavy atom. The van der Waals surface area contributed by atoms with Crippen molar-refractivity contribution < 1.29 is 43.6 Å². The van der Waals surface area contributed by atoms with Crippen LogP contribution in [0.4, 0.5) is 9.59 Å². The number of fused-ring (bicyclic) bond motifs is 3. The lowest BCUT2D eigenvalue weighted by Crippen LogP contribution is -2.70. The molecule has 6 unspecified atom stereocenters. The van der Waals surface area contributed by atoms with Crippen molar-refractivity contribution in [3.05, 3.63) is 96.1 Å². The van der Waals surface area contributed by atoms with Crippen LogP contribution in [0.15, 0.2) is 90.1 Å². The Hall–Kier alpha value is -4.91. The minimum absolute atomic E-state index is 0.00900. The van der Waals surface area contributed by atoms with Gasteiger partial charge in [-0.15, -0.1) is 6.58 Å². The molecule has 57 heavy (non-hydrogen) atoms. The molecule has 1 aliphatic heterocycles. The first-order valence-electron chi connectivity index (χ1n) is 20.3. The maximum Gasteiger partial charge on any atom is 0.412 e. The van der Waals surface area contributed by atoms with Crippen molar-refractivity contribution in [1.29, 1.82) is 0 Å². The highest BCUT2D eigenvalue weighted by molar-refractivity contribution is 6.03. The lowest BCUT2D eigenvalue weighted by atomic mass is 9.55. The van der Waals surface area contributed by atoms with Crippen LogP contribution < -0.4 is 14.8 Å². The third-order valence-corrected chi connectivity index (χ3v) is 11.5. The number of nitrogens with zero attached hydrogens (tertiary/aromatic N) is 2. The van der Waals surface area contributed by atoms with Crippen molar-refractivity contribution in [1.82, 2.24) is 10.2 Å². The van der Waals surface area contributed by atoms with Gasteiger partial charge in [-0.3, -0.25) is 4.90 Å². The van der Waals surface area contributed by atoms with Gasteiger partial charge in [0.1, 0.15) is 24.7 Å². The fourth-order valence-corrected chi connectivity index (χ4v) is 9.23. The van der Waals surface area contributed by atoms with Crippen molar-refractivity contribution in [3.8, 4) is 11.5 Å². The van der Waals surface area contributed by atoms with E-state index in [1.807, 2.05) is 43.3 Å². The zero-order chi connectivity index (χ0) is 40.4. The molecule has 3 N–H and O–H groups in total. The monoisotopic (exact) mass is 783 g/mol. The largest absolute Gasteiger partial charge is 0.459 e. The molecule has 0 aromatic heterocycles. The summed E-state index contributed by atoms with van der Waals surface area (Å²) < 4.78 is 25.9. The normalized spacial score (nSPS) is 24.1.